The number of ether oxygens (including phenoxy) is 1. The number of hydrogen-bond donors (Lipinski definition) is 2. The van der Waals surface area contributed by atoms with Crippen LogP contribution in [0.15, 0.2) is 21.5 Å². The van der Waals surface area contributed by atoms with Gasteiger partial charge in [0, 0.05) is 5.69 Å². The highest BCUT2D eigenvalue weighted by Gasteiger charge is 2.35. The number of alkyl halides is 3. The van der Waals surface area contributed by atoms with E-state index >= 15 is 0 Å². The molecule has 0 saturated heterocycles. The summed E-state index contributed by atoms with van der Waals surface area (Å²) in [7, 11) is -4.36. The summed E-state index contributed by atoms with van der Waals surface area (Å²) in [5, 5.41) is 4.76. The molecule has 17 heavy (non-hydrogen) atoms. The maximum atomic E-state index is 12.1. The second kappa shape index (κ2) is 4.35. The van der Waals surface area contributed by atoms with E-state index in [2.05, 4.69) is 20.7 Å². The Kier molecular flexibility index (Phi) is 3.60. The minimum atomic E-state index is -5.06. The molecule has 0 heterocycles. The fourth-order valence-electron chi connectivity index (χ4n) is 0.988. The Morgan fingerprint density at radius 3 is 2.24 bits per heavy atom. The highest BCUT2D eigenvalue weighted by Crippen LogP contribution is 2.39. The number of halogens is 4. The number of anilines is 1. The molecule has 0 spiro atoms. The van der Waals surface area contributed by atoms with Crippen molar-refractivity contribution in [1.29, 1.82) is 0 Å². The van der Waals surface area contributed by atoms with Gasteiger partial charge < -0.3 is 10.5 Å². The maximum Gasteiger partial charge on any atom is 0.573 e. The molecule has 0 aromatic heterocycles. The fourth-order valence-corrected chi connectivity index (χ4v) is 2.21. The lowest BCUT2D eigenvalue weighted by atomic mass is 10.3. The van der Waals surface area contributed by atoms with Crippen LogP contribution in [0, 0.1) is 0 Å². The molecule has 4 N–H and O–H groups in total. The minimum Gasteiger partial charge on any atom is -0.403 e. The van der Waals surface area contributed by atoms with E-state index < -0.39 is 27.0 Å². The predicted octanol–water partition coefficient (Wildman–Crippen LogP) is 1.58. The number of rotatable bonds is 2. The Labute approximate surface area is 103 Å². The van der Waals surface area contributed by atoms with E-state index in [1.807, 2.05) is 0 Å². The molecule has 1 aromatic rings. The summed E-state index contributed by atoms with van der Waals surface area (Å²) in [5.41, 5.74) is 5.21. The molecule has 0 atom stereocenters. The summed E-state index contributed by atoms with van der Waals surface area (Å²) in [6.07, 6.45) is -5.06. The first-order valence-electron chi connectivity index (χ1n) is 3.89. The van der Waals surface area contributed by atoms with Crippen LogP contribution in [-0.4, -0.2) is 14.8 Å². The predicted molar refractivity (Wildman–Crippen MR) is 56.6 cm³/mol. The summed E-state index contributed by atoms with van der Waals surface area (Å²) in [4.78, 5) is -0.809. The summed E-state index contributed by atoms with van der Waals surface area (Å²) in [5.74, 6) is -0.986. The molecule has 1 aromatic carbocycles. The quantitative estimate of drug-likeness (QED) is 0.802. The normalized spacial score (nSPS) is 12.5. The zero-order valence-corrected chi connectivity index (χ0v) is 10.4. The van der Waals surface area contributed by atoms with Crippen LogP contribution in [0.4, 0.5) is 18.9 Å². The van der Waals surface area contributed by atoms with Gasteiger partial charge >= 0.3 is 6.36 Å². The molecular weight excluding hydrogens is 329 g/mol. The zero-order chi connectivity index (χ0) is 13.4. The number of sulfonamides is 1. The van der Waals surface area contributed by atoms with Crippen molar-refractivity contribution in [2.45, 2.75) is 11.3 Å². The Bertz CT molecular complexity index is 544. The van der Waals surface area contributed by atoms with Crippen LogP contribution < -0.4 is 15.6 Å². The number of nitrogens with two attached hydrogens (primary N) is 2. The topological polar surface area (TPSA) is 95.4 Å². The van der Waals surface area contributed by atoms with Crippen LogP contribution in [-0.2, 0) is 10.0 Å². The number of primary sulfonamides is 1. The summed E-state index contributed by atoms with van der Waals surface area (Å²) < 4.78 is 61.7. The summed E-state index contributed by atoms with van der Waals surface area (Å²) >= 11 is 2.71. The third-order valence-corrected chi connectivity index (χ3v) is 3.37. The first-order chi connectivity index (χ1) is 7.52. The second-order valence-corrected chi connectivity index (χ2v) is 5.21. The van der Waals surface area contributed by atoms with E-state index in [1.165, 1.54) is 0 Å². The number of nitrogen functional groups attached to an aromatic ring is 1. The molecule has 10 heteroatoms. The first kappa shape index (κ1) is 14.1. The highest BCUT2D eigenvalue weighted by atomic mass is 79.9. The lowest BCUT2D eigenvalue weighted by Crippen LogP contribution is -2.21. The molecule has 0 bridgehead atoms. The summed E-state index contributed by atoms with van der Waals surface area (Å²) in [6.45, 7) is 0. The molecule has 0 aliphatic rings. The third kappa shape index (κ3) is 3.48. The van der Waals surface area contributed by atoms with E-state index in [-0.39, 0.29) is 10.2 Å². The van der Waals surface area contributed by atoms with Gasteiger partial charge in [-0.1, -0.05) is 0 Å². The Morgan fingerprint density at radius 1 is 1.29 bits per heavy atom. The van der Waals surface area contributed by atoms with E-state index in [0.29, 0.717) is 0 Å². The van der Waals surface area contributed by atoms with Gasteiger partial charge in [0.25, 0.3) is 0 Å². The van der Waals surface area contributed by atoms with Gasteiger partial charge in [-0.15, -0.1) is 13.2 Å². The van der Waals surface area contributed by atoms with Crippen LogP contribution in [0.2, 0.25) is 0 Å². The Balaban J connectivity index is 3.48. The average Bonchev–Trinajstić information content (AvgIpc) is 2.08. The van der Waals surface area contributed by atoms with Crippen LogP contribution in [0.1, 0.15) is 0 Å². The van der Waals surface area contributed by atoms with Crippen LogP contribution in [0.5, 0.6) is 5.75 Å². The maximum absolute atomic E-state index is 12.1. The Hall–Kier alpha value is -1.00. The van der Waals surface area contributed by atoms with Crippen molar-refractivity contribution in [1.82, 2.24) is 0 Å². The standard InChI is InChI=1S/C7H6BrF3N2O3S/c8-5-3(12)1-2-4(17(13,14)15)6(5)16-7(9,10)11/h1-2H,12H2,(H2,13,14,15). The minimum absolute atomic E-state index is 0.114. The van der Waals surface area contributed by atoms with Gasteiger partial charge in [0.1, 0.15) is 4.90 Å². The van der Waals surface area contributed by atoms with E-state index in [4.69, 9.17) is 10.9 Å². The van der Waals surface area contributed by atoms with Gasteiger partial charge in [0.2, 0.25) is 10.0 Å². The first-order valence-corrected chi connectivity index (χ1v) is 6.23. The van der Waals surface area contributed by atoms with Gasteiger partial charge in [0.15, 0.2) is 5.75 Å². The second-order valence-electron chi connectivity index (χ2n) is 2.89. The molecule has 96 valence electrons. The van der Waals surface area contributed by atoms with Crippen LogP contribution in [0.25, 0.3) is 0 Å². The van der Waals surface area contributed by atoms with Crippen molar-refractivity contribution in [2.24, 2.45) is 5.14 Å². The smallest absolute Gasteiger partial charge is 0.403 e. The molecule has 0 amide bonds. The monoisotopic (exact) mass is 334 g/mol. The molecule has 1 rings (SSSR count). The van der Waals surface area contributed by atoms with E-state index in [1.54, 1.807) is 0 Å². The largest absolute Gasteiger partial charge is 0.573 e. The number of benzene rings is 1. The molecular formula is C7H6BrF3N2O3S. The highest BCUT2D eigenvalue weighted by molar-refractivity contribution is 9.10. The SMILES string of the molecule is Nc1ccc(S(N)(=O)=O)c(OC(F)(F)F)c1Br. The van der Waals surface area contributed by atoms with Crippen LogP contribution >= 0.6 is 15.9 Å². The fraction of sp³-hybridized carbons (Fsp3) is 0.143. The van der Waals surface area contributed by atoms with E-state index in [0.717, 1.165) is 12.1 Å². The van der Waals surface area contributed by atoms with Gasteiger partial charge in [0.05, 0.1) is 4.47 Å². The van der Waals surface area contributed by atoms with Gasteiger partial charge in [-0.3, -0.25) is 0 Å². The molecule has 0 saturated carbocycles. The van der Waals surface area contributed by atoms with Crippen molar-refractivity contribution in [3.63, 3.8) is 0 Å². The van der Waals surface area contributed by atoms with Crippen molar-refractivity contribution >= 4 is 31.6 Å². The van der Waals surface area contributed by atoms with Crippen LogP contribution in [0.3, 0.4) is 0 Å². The third-order valence-electron chi connectivity index (χ3n) is 1.62. The lowest BCUT2D eigenvalue weighted by Gasteiger charge is -2.14. The molecule has 0 fully saturated rings. The Morgan fingerprint density at radius 2 is 1.82 bits per heavy atom. The molecule has 0 unspecified atom stereocenters. The van der Waals surface area contributed by atoms with Gasteiger partial charge in [-0.2, -0.15) is 0 Å². The van der Waals surface area contributed by atoms with Crippen molar-refractivity contribution in [3.05, 3.63) is 16.6 Å². The average molecular weight is 335 g/mol. The van der Waals surface area contributed by atoms with Crippen molar-refractivity contribution < 1.29 is 26.3 Å². The van der Waals surface area contributed by atoms with Crippen molar-refractivity contribution in [2.75, 3.05) is 5.73 Å². The zero-order valence-electron chi connectivity index (χ0n) is 7.95. The summed E-state index contributed by atoms with van der Waals surface area (Å²) in [6, 6.07) is 1.92. The molecule has 0 aliphatic heterocycles. The molecule has 0 radical (unpaired) electrons. The molecule has 0 aliphatic carbocycles. The van der Waals surface area contributed by atoms with Crippen molar-refractivity contribution in [3.8, 4) is 5.75 Å². The van der Waals surface area contributed by atoms with Gasteiger partial charge in [-0.25, -0.2) is 13.6 Å². The lowest BCUT2D eigenvalue weighted by molar-refractivity contribution is -0.275. The number of hydrogen-bond acceptors (Lipinski definition) is 4. The van der Waals surface area contributed by atoms with Gasteiger partial charge in [-0.05, 0) is 28.1 Å². The molecule has 5 nitrogen and oxygen atoms in total. The van der Waals surface area contributed by atoms with E-state index in [9.17, 15) is 21.6 Å².